The third kappa shape index (κ3) is 5.85. The van der Waals surface area contributed by atoms with Gasteiger partial charge in [0, 0.05) is 11.4 Å². The third-order valence-corrected chi connectivity index (χ3v) is 4.04. The first-order chi connectivity index (χ1) is 11.8. The van der Waals surface area contributed by atoms with Crippen LogP contribution < -0.4 is 21.5 Å². The predicted molar refractivity (Wildman–Crippen MR) is 101 cm³/mol. The van der Waals surface area contributed by atoms with Crippen LogP contribution >= 0.6 is 23.2 Å². The van der Waals surface area contributed by atoms with Crippen LogP contribution in [-0.4, -0.2) is 18.0 Å². The summed E-state index contributed by atoms with van der Waals surface area (Å²) in [5.41, 5.74) is 6.98. The summed E-state index contributed by atoms with van der Waals surface area (Å²) in [7, 11) is 0. The fourth-order valence-corrected chi connectivity index (χ4v) is 2.23. The fourth-order valence-electron chi connectivity index (χ4n) is 1.93. The molecule has 0 bridgehead atoms. The summed E-state index contributed by atoms with van der Waals surface area (Å²) in [6.07, 6.45) is 0. The Morgan fingerprint density at radius 3 is 2.20 bits per heavy atom. The Balaban J connectivity index is 1.81. The van der Waals surface area contributed by atoms with Gasteiger partial charge in [-0.1, -0.05) is 40.9 Å². The number of halogens is 2. The third-order valence-electron chi connectivity index (χ3n) is 3.30. The van der Waals surface area contributed by atoms with Gasteiger partial charge in [0.15, 0.2) is 0 Å². The Bertz CT molecular complexity index is 766. The van der Waals surface area contributed by atoms with Gasteiger partial charge >= 0.3 is 6.03 Å². The van der Waals surface area contributed by atoms with Crippen LogP contribution in [0, 0.1) is 6.92 Å². The average molecular weight is 381 g/mol. The van der Waals surface area contributed by atoms with E-state index in [1.54, 1.807) is 37.3 Å². The molecule has 132 valence electrons. The summed E-state index contributed by atoms with van der Waals surface area (Å²) in [6, 6.07) is 11.1. The Labute approximate surface area is 155 Å². The number of carbonyl (C=O) groups is 2. The van der Waals surface area contributed by atoms with E-state index in [2.05, 4.69) is 21.5 Å². The monoisotopic (exact) mass is 380 g/mol. The second kappa shape index (κ2) is 8.60. The summed E-state index contributed by atoms with van der Waals surface area (Å²) in [5, 5.41) is 6.39. The molecule has 2 aromatic carbocycles. The zero-order chi connectivity index (χ0) is 18.4. The number of hydrogen-bond acceptors (Lipinski definition) is 3. The molecule has 0 fully saturated rings. The van der Waals surface area contributed by atoms with Gasteiger partial charge in [-0.15, -0.1) is 0 Å². The molecule has 2 aromatic rings. The molecule has 6 nitrogen and oxygen atoms in total. The standard InChI is InChI=1S/C17H18Cl2N4O2/c1-10-3-5-12(6-4-10)21-17(25)23-22-16(24)11(2)20-13-7-8-14(18)15(19)9-13/h3-9,11,20H,1-2H3,(H,22,24)(H2,21,23,25)/t11-/m0/s1. The SMILES string of the molecule is Cc1ccc(NC(=O)NNC(=O)[C@H](C)Nc2ccc(Cl)c(Cl)c2)cc1. The molecule has 0 aliphatic carbocycles. The highest BCUT2D eigenvalue weighted by atomic mass is 35.5. The van der Waals surface area contributed by atoms with Gasteiger partial charge in [0.05, 0.1) is 10.0 Å². The van der Waals surface area contributed by atoms with Crippen molar-refractivity contribution in [3.63, 3.8) is 0 Å². The lowest BCUT2D eigenvalue weighted by molar-refractivity contribution is -0.122. The van der Waals surface area contributed by atoms with Crippen LogP contribution in [0.5, 0.6) is 0 Å². The Hall–Kier alpha value is -2.44. The van der Waals surface area contributed by atoms with Crippen LogP contribution in [0.4, 0.5) is 16.2 Å². The molecular formula is C17H18Cl2N4O2. The van der Waals surface area contributed by atoms with Gasteiger partial charge in [0.25, 0.3) is 5.91 Å². The lowest BCUT2D eigenvalue weighted by Gasteiger charge is -2.16. The number of benzene rings is 2. The number of hydrazine groups is 1. The molecule has 0 saturated heterocycles. The molecule has 0 unspecified atom stereocenters. The van der Waals surface area contributed by atoms with Gasteiger partial charge in [0.2, 0.25) is 0 Å². The normalized spacial score (nSPS) is 11.4. The highest BCUT2D eigenvalue weighted by Gasteiger charge is 2.14. The van der Waals surface area contributed by atoms with E-state index in [4.69, 9.17) is 23.2 Å². The second-order valence-electron chi connectivity index (χ2n) is 5.43. The Kier molecular flexibility index (Phi) is 6.50. The van der Waals surface area contributed by atoms with Crippen molar-refractivity contribution in [1.82, 2.24) is 10.9 Å². The zero-order valence-corrected chi connectivity index (χ0v) is 15.2. The lowest BCUT2D eigenvalue weighted by Crippen LogP contribution is -2.49. The van der Waals surface area contributed by atoms with Crippen LogP contribution in [0.1, 0.15) is 12.5 Å². The zero-order valence-electron chi connectivity index (χ0n) is 13.7. The predicted octanol–water partition coefficient (Wildman–Crippen LogP) is 3.96. The molecule has 0 aromatic heterocycles. The quantitative estimate of drug-likeness (QED) is 0.606. The number of anilines is 2. The van der Waals surface area contributed by atoms with Crippen molar-refractivity contribution in [2.75, 3.05) is 10.6 Å². The lowest BCUT2D eigenvalue weighted by atomic mass is 10.2. The van der Waals surface area contributed by atoms with Crippen molar-refractivity contribution in [1.29, 1.82) is 0 Å². The largest absolute Gasteiger partial charge is 0.374 e. The minimum atomic E-state index is -0.600. The van der Waals surface area contributed by atoms with Crippen molar-refractivity contribution >= 4 is 46.5 Å². The highest BCUT2D eigenvalue weighted by Crippen LogP contribution is 2.25. The van der Waals surface area contributed by atoms with Crippen molar-refractivity contribution in [3.05, 3.63) is 58.1 Å². The van der Waals surface area contributed by atoms with Crippen LogP contribution in [0.2, 0.25) is 10.0 Å². The summed E-state index contributed by atoms with van der Waals surface area (Å²) in [4.78, 5) is 23.8. The van der Waals surface area contributed by atoms with E-state index in [0.717, 1.165) is 5.56 Å². The summed E-state index contributed by atoms with van der Waals surface area (Å²) < 4.78 is 0. The molecule has 3 amide bonds. The molecule has 8 heteroatoms. The molecule has 0 aliphatic heterocycles. The Morgan fingerprint density at radius 2 is 1.56 bits per heavy atom. The van der Waals surface area contributed by atoms with Crippen molar-refractivity contribution in [2.45, 2.75) is 19.9 Å². The number of rotatable bonds is 4. The molecule has 0 spiro atoms. The van der Waals surface area contributed by atoms with Crippen LogP contribution in [-0.2, 0) is 4.79 Å². The van der Waals surface area contributed by atoms with Crippen molar-refractivity contribution in [3.8, 4) is 0 Å². The summed E-state index contributed by atoms with van der Waals surface area (Å²) in [6.45, 7) is 3.60. The molecule has 4 N–H and O–H groups in total. The van der Waals surface area contributed by atoms with E-state index in [9.17, 15) is 9.59 Å². The topological polar surface area (TPSA) is 82.3 Å². The van der Waals surface area contributed by atoms with E-state index >= 15 is 0 Å². The maximum absolute atomic E-state index is 12.0. The molecule has 1 atom stereocenters. The average Bonchev–Trinajstić information content (AvgIpc) is 2.58. The molecule has 0 saturated carbocycles. The maximum Gasteiger partial charge on any atom is 0.337 e. The van der Waals surface area contributed by atoms with Gasteiger partial charge in [0.1, 0.15) is 6.04 Å². The summed E-state index contributed by atoms with van der Waals surface area (Å²) >= 11 is 11.8. The summed E-state index contributed by atoms with van der Waals surface area (Å²) in [5.74, 6) is -0.412. The maximum atomic E-state index is 12.0. The number of urea groups is 1. The van der Waals surface area contributed by atoms with Gasteiger partial charge in [-0.05, 0) is 44.2 Å². The smallest absolute Gasteiger partial charge is 0.337 e. The first kappa shape index (κ1) is 18.9. The van der Waals surface area contributed by atoms with E-state index < -0.39 is 18.0 Å². The van der Waals surface area contributed by atoms with E-state index in [-0.39, 0.29) is 0 Å². The van der Waals surface area contributed by atoms with Crippen LogP contribution in [0.3, 0.4) is 0 Å². The molecule has 0 aliphatic rings. The molecule has 0 radical (unpaired) electrons. The van der Waals surface area contributed by atoms with Gasteiger partial charge in [-0.3, -0.25) is 10.2 Å². The Morgan fingerprint density at radius 1 is 0.920 bits per heavy atom. The molecule has 0 heterocycles. The second-order valence-corrected chi connectivity index (χ2v) is 6.24. The number of nitrogens with one attached hydrogen (secondary N) is 4. The first-order valence-electron chi connectivity index (χ1n) is 7.50. The molecule has 25 heavy (non-hydrogen) atoms. The van der Waals surface area contributed by atoms with Gasteiger partial charge in [-0.25, -0.2) is 10.2 Å². The van der Waals surface area contributed by atoms with Crippen LogP contribution in [0.15, 0.2) is 42.5 Å². The molecular weight excluding hydrogens is 363 g/mol. The van der Waals surface area contributed by atoms with E-state index in [0.29, 0.717) is 21.4 Å². The van der Waals surface area contributed by atoms with Crippen molar-refractivity contribution in [2.24, 2.45) is 0 Å². The number of carbonyl (C=O) groups excluding carboxylic acids is 2. The van der Waals surface area contributed by atoms with E-state index in [1.165, 1.54) is 0 Å². The van der Waals surface area contributed by atoms with Gasteiger partial charge < -0.3 is 10.6 Å². The molecule has 2 rings (SSSR count). The minimum absolute atomic E-state index is 0.384. The van der Waals surface area contributed by atoms with Crippen molar-refractivity contribution < 1.29 is 9.59 Å². The number of amides is 3. The number of hydrogen-bond donors (Lipinski definition) is 4. The van der Waals surface area contributed by atoms with E-state index in [1.807, 2.05) is 19.1 Å². The highest BCUT2D eigenvalue weighted by molar-refractivity contribution is 6.42. The van der Waals surface area contributed by atoms with Gasteiger partial charge in [-0.2, -0.15) is 0 Å². The fraction of sp³-hybridized carbons (Fsp3) is 0.176. The first-order valence-corrected chi connectivity index (χ1v) is 8.26. The van der Waals surface area contributed by atoms with Crippen LogP contribution in [0.25, 0.3) is 0 Å². The number of aryl methyl sites for hydroxylation is 1. The minimum Gasteiger partial charge on any atom is -0.374 e.